The standard InChI is InChI=1S/C11H21NO2S/c1-8-6-15-7-9(8)12-5-4-11(2,3)10(13)14/h8-9,12H,4-7H2,1-3H3,(H,13,14). The molecule has 2 atom stereocenters. The first-order chi connectivity index (χ1) is 6.93. The van der Waals surface area contributed by atoms with Crippen LogP contribution < -0.4 is 5.32 Å². The van der Waals surface area contributed by atoms with Crippen molar-refractivity contribution in [2.45, 2.75) is 33.2 Å². The molecule has 2 unspecified atom stereocenters. The highest BCUT2D eigenvalue weighted by Crippen LogP contribution is 2.24. The molecule has 1 fully saturated rings. The maximum Gasteiger partial charge on any atom is 0.309 e. The Morgan fingerprint density at radius 2 is 2.20 bits per heavy atom. The predicted octanol–water partition coefficient (Wildman–Crippen LogP) is 1.83. The summed E-state index contributed by atoms with van der Waals surface area (Å²) in [5.74, 6) is 2.38. The fraction of sp³-hybridized carbons (Fsp3) is 0.909. The highest BCUT2D eigenvalue weighted by atomic mass is 32.2. The van der Waals surface area contributed by atoms with E-state index in [1.54, 1.807) is 13.8 Å². The van der Waals surface area contributed by atoms with Crippen LogP contribution in [0.5, 0.6) is 0 Å². The first-order valence-corrected chi connectivity index (χ1v) is 6.63. The van der Waals surface area contributed by atoms with E-state index in [2.05, 4.69) is 12.2 Å². The van der Waals surface area contributed by atoms with E-state index in [0.717, 1.165) is 12.3 Å². The van der Waals surface area contributed by atoms with Crippen molar-refractivity contribution >= 4 is 17.7 Å². The van der Waals surface area contributed by atoms with Crippen LogP contribution in [-0.2, 0) is 4.79 Å². The van der Waals surface area contributed by atoms with Gasteiger partial charge in [-0.2, -0.15) is 11.8 Å². The van der Waals surface area contributed by atoms with Gasteiger partial charge in [0.15, 0.2) is 0 Å². The van der Waals surface area contributed by atoms with E-state index in [1.165, 1.54) is 5.75 Å². The average Bonchev–Trinajstić information content (AvgIpc) is 2.51. The van der Waals surface area contributed by atoms with Crippen molar-refractivity contribution in [1.82, 2.24) is 5.32 Å². The van der Waals surface area contributed by atoms with Crippen LogP contribution in [-0.4, -0.2) is 35.2 Å². The largest absolute Gasteiger partial charge is 0.481 e. The third-order valence-electron chi connectivity index (χ3n) is 3.10. The third kappa shape index (κ3) is 3.68. The first-order valence-electron chi connectivity index (χ1n) is 5.48. The molecule has 15 heavy (non-hydrogen) atoms. The second kappa shape index (κ2) is 5.21. The van der Waals surface area contributed by atoms with Gasteiger partial charge in [-0.15, -0.1) is 0 Å². The van der Waals surface area contributed by atoms with E-state index in [0.29, 0.717) is 18.4 Å². The van der Waals surface area contributed by atoms with Crippen molar-refractivity contribution in [3.8, 4) is 0 Å². The van der Waals surface area contributed by atoms with Crippen LogP contribution in [0, 0.1) is 11.3 Å². The van der Waals surface area contributed by atoms with Crippen LogP contribution in [0.15, 0.2) is 0 Å². The van der Waals surface area contributed by atoms with Crippen molar-refractivity contribution in [3.05, 3.63) is 0 Å². The molecule has 1 saturated heterocycles. The van der Waals surface area contributed by atoms with Crippen LogP contribution >= 0.6 is 11.8 Å². The Hall–Kier alpha value is -0.220. The molecule has 1 heterocycles. The summed E-state index contributed by atoms with van der Waals surface area (Å²) in [5, 5.41) is 12.4. The van der Waals surface area contributed by atoms with Crippen LogP contribution in [0.3, 0.4) is 0 Å². The molecule has 2 N–H and O–H groups in total. The van der Waals surface area contributed by atoms with Gasteiger partial charge in [0.25, 0.3) is 0 Å². The highest BCUT2D eigenvalue weighted by molar-refractivity contribution is 7.99. The monoisotopic (exact) mass is 231 g/mol. The topological polar surface area (TPSA) is 49.3 Å². The molecule has 4 heteroatoms. The fourth-order valence-corrected chi connectivity index (χ4v) is 3.04. The van der Waals surface area contributed by atoms with Crippen molar-refractivity contribution in [2.75, 3.05) is 18.1 Å². The Bertz CT molecular complexity index is 231. The summed E-state index contributed by atoms with van der Waals surface area (Å²) >= 11 is 1.98. The lowest BCUT2D eigenvalue weighted by Gasteiger charge is -2.22. The van der Waals surface area contributed by atoms with E-state index < -0.39 is 11.4 Å². The van der Waals surface area contributed by atoms with Gasteiger partial charge in [0.05, 0.1) is 5.41 Å². The first kappa shape index (κ1) is 12.8. The average molecular weight is 231 g/mol. The molecule has 0 amide bonds. The number of thioether (sulfide) groups is 1. The van der Waals surface area contributed by atoms with E-state index >= 15 is 0 Å². The zero-order valence-corrected chi connectivity index (χ0v) is 10.6. The van der Waals surface area contributed by atoms with Gasteiger partial charge in [-0.1, -0.05) is 6.92 Å². The highest BCUT2D eigenvalue weighted by Gasteiger charge is 2.28. The molecule has 0 saturated carbocycles. The number of rotatable bonds is 5. The van der Waals surface area contributed by atoms with Crippen LogP contribution in [0.25, 0.3) is 0 Å². The molecule has 0 spiro atoms. The molecule has 0 aliphatic carbocycles. The van der Waals surface area contributed by atoms with Crippen molar-refractivity contribution < 1.29 is 9.90 Å². The Balaban J connectivity index is 2.24. The lowest BCUT2D eigenvalue weighted by atomic mass is 9.89. The summed E-state index contributed by atoms with van der Waals surface area (Å²) in [5.41, 5.74) is -0.609. The number of carboxylic acids is 1. The smallest absolute Gasteiger partial charge is 0.309 e. The minimum Gasteiger partial charge on any atom is -0.481 e. The third-order valence-corrected chi connectivity index (χ3v) is 4.46. The summed E-state index contributed by atoms with van der Waals surface area (Å²) in [6, 6.07) is 0.569. The number of nitrogens with one attached hydrogen (secondary N) is 1. The number of aliphatic carboxylic acids is 1. The number of hydrogen-bond acceptors (Lipinski definition) is 3. The molecule has 0 radical (unpaired) electrons. The van der Waals surface area contributed by atoms with Gasteiger partial charge in [0, 0.05) is 11.8 Å². The van der Waals surface area contributed by atoms with Crippen LogP contribution in [0.2, 0.25) is 0 Å². The maximum absolute atomic E-state index is 10.9. The molecule has 1 rings (SSSR count). The summed E-state index contributed by atoms with van der Waals surface area (Å²) < 4.78 is 0. The zero-order chi connectivity index (χ0) is 11.5. The van der Waals surface area contributed by atoms with E-state index in [9.17, 15) is 4.79 Å². The summed E-state index contributed by atoms with van der Waals surface area (Å²) in [6.45, 7) is 6.61. The van der Waals surface area contributed by atoms with Gasteiger partial charge < -0.3 is 10.4 Å². The Morgan fingerprint density at radius 3 is 2.67 bits per heavy atom. The van der Waals surface area contributed by atoms with Gasteiger partial charge in [0.2, 0.25) is 0 Å². The molecule has 1 aliphatic rings. The number of carboxylic acid groups (broad SMARTS) is 1. The summed E-state index contributed by atoms with van der Waals surface area (Å²) in [6.07, 6.45) is 0.691. The SMILES string of the molecule is CC1CSCC1NCCC(C)(C)C(=O)O. The molecular formula is C11H21NO2S. The van der Waals surface area contributed by atoms with Gasteiger partial charge in [0.1, 0.15) is 0 Å². The minimum absolute atomic E-state index is 0.569. The van der Waals surface area contributed by atoms with Gasteiger partial charge in [-0.3, -0.25) is 4.79 Å². The van der Waals surface area contributed by atoms with Crippen molar-refractivity contribution in [1.29, 1.82) is 0 Å². The second-order valence-corrected chi connectivity index (χ2v) is 6.09. The molecule has 0 aromatic carbocycles. The molecule has 0 aromatic rings. The van der Waals surface area contributed by atoms with Crippen LogP contribution in [0.1, 0.15) is 27.2 Å². The molecule has 1 aliphatic heterocycles. The molecule has 88 valence electrons. The van der Waals surface area contributed by atoms with E-state index in [-0.39, 0.29) is 0 Å². The molecule has 3 nitrogen and oxygen atoms in total. The lowest BCUT2D eigenvalue weighted by Crippen LogP contribution is -2.37. The zero-order valence-electron chi connectivity index (χ0n) is 9.75. The Morgan fingerprint density at radius 1 is 1.53 bits per heavy atom. The predicted molar refractivity (Wildman–Crippen MR) is 64.3 cm³/mol. The summed E-state index contributed by atoms with van der Waals surface area (Å²) in [4.78, 5) is 10.9. The maximum atomic E-state index is 10.9. The molecular weight excluding hydrogens is 210 g/mol. The Labute approximate surface area is 96.0 Å². The number of carbonyl (C=O) groups is 1. The van der Waals surface area contributed by atoms with Gasteiger partial charge >= 0.3 is 5.97 Å². The summed E-state index contributed by atoms with van der Waals surface area (Å²) in [7, 11) is 0. The lowest BCUT2D eigenvalue weighted by molar-refractivity contribution is -0.147. The number of hydrogen-bond donors (Lipinski definition) is 2. The minimum atomic E-state index is -0.710. The van der Waals surface area contributed by atoms with E-state index in [4.69, 9.17) is 5.11 Å². The van der Waals surface area contributed by atoms with Gasteiger partial charge in [-0.25, -0.2) is 0 Å². The van der Waals surface area contributed by atoms with Crippen LogP contribution in [0.4, 0.5) is 0 Å². The second-order valence-electron chi connectivity index (χ2n) is 5.01. The fourth-order valence-electron chi connectivity index (χ4n) is 1.60. The van der Waals surface area contributed by atoms with Crippen molar-refractivity contribution in [2.24, 2.45) is 11.3 Å². The molecule has 0 bridgehead atoms. The van der Waals surface area contributed by atoms with Gasteiger partial charge in [-0.05, 0) is 38.5 Å². The normalized spacial score (nSPS) is 26.9. The molecule has 0 aromatic heterocycles. The van der Waals surface area contributed by atoms with E-state index in [1.807, 2.05) is 11.8 Å². The van der Waals surface area contributed by atoms with Crippen molar-refractivity contribution in [3.63, 3.8) is 0 Å². The quantitative estimate of drug-likeness (QED) is 0.758. The Kier molecular flexibility index (Phi) is 4.46.